The second-order valence-corrected chi connectivity index (χ2v) is 10.9. The molecule has 1 aliphatic heterocycles. The fourth-order valence-electron chi connectivity index (χ4n) is 4.47. The number of carbonyl (C=O) groups excluding carboxylic acids is 1. The number of aryl methyl sites for hydroxylation is 2. The summed E-state index contributed by atoms with van der Waals surface area (Å²) in [5.41, 5.74) is 3.98. The molecule has 1 heterocycles. The minimum Gasteiger partial charge on any atom is -0.345 e. The first-order valence-corrected chi connectivity index (χ1v) is 12.9. The highest BCUT2D eigenvalue weighted by Crippen LogP contribution is 2.27. The lowest BCUT2D eigenvalue weighted by Crippen LogP contribution is -2.35. The highest BCUT2D eigenvalue weighted by Gasteiger charge is 2.27. The van der Waals surface area contributed by atoms with Crippen LogP contribution in [-0.4, -0.2) is 31.7 Å². The van der Waals surface area contributed by atoms with Crippen LogP contribution in [0.15, 0.2) is 41.3 Å². The first kappa shape index (κ1) is 22.3. The van der Waals surface area contributed by atoms with Crippen LogP contribution < -0.4 is 5.32 Å². The summed E-state index contributed by atoms with van der Waals surface area (Å²) in [6.07, 6.45) is 7.38. The van der Waals surface area contributed by atoms with Gasteiger partial charge >= 0.3 is 0 Å². The number of benzene rings is 2. The van der Waals surface area contributed by atoms with Gasteiger partial charge in [-0.3, -0.25) is 4.79 Å². The molecule has 0 radical (unpaired) electrons. The number of amides is 1. The maximum atomic E-state index is 13.0. The van der Waals surface area contributed by atoms with Crippen molar-refractivity contribution in [3.8, 4) is 0 Å². The molecule has 7 heteroatoms. The Bertz CT molecular complexity index is 1080. The van der Waals surface area contributed by atoms with Gasteiger partial charge in [-0.1, -0.05) is 36.2 Å². The maximum Gasteiger partial charge on any atom is 0.253 e. The molecular formula is C24H29ClN2O3S. The standard InChI is InChI=1S/C24H29ClN2O3S/c1-17(19-10-9-18-7-3-4-8-20(18)15-19)26-24(28)22-16-21(11-12-23(22)25)31(29,30)27-13-5-2-6-14-27/h9-12,15-17H,2-8,13-14H2,1H3,(H,26,28). The lowest BCUT2D eigenvalue weighted by atomic mass is 9.89. The third-order valence-electron chi connectivity index (χ3n) is 6.36. The van der Waals surface area contributed by atoms with Crippen molar-refractivity contribution in [1.82, 2.24) is 9.62 Å². The summed E-state index contributed by atoms with van der Waals surface area (Å²) >= 11 is 6.28. The number of carbonyl (C=O) groups is 1. The Balaban J connectivity index is 1.53. The predicted octanol–water partition coefficient (Wildman–Crippen LogP) is 4.88. The number of hydrogen-bond acceptors (Lipinski definition) is 3. The van der Waals surface area contributed by atoms with Crippen molar-refractivity contribution in [1.29, 1.82) is 0 Å². The fraction of sp³-hybridized carbons (Fsp3) is 0.458. The van der Waals surface area contributed by atoms with Gasteiger partial charge in [-0.15, -0.1) is 0 Å². The third kappa shape index (κ3) is 4.81. The Morgan fingerprint density at radius 1 is 0.968 bits per heavy atom. The van der Waals surface area contributed by atoms with Gasteiger partial charge in [0.2, 0.25) is 10.0 Å². The molecule has 0 aromatic heterocycles. The SMILES string of the molecule is CC(NC(=O)c1cc(S(=O)(=O)N2CCCCC2)ccc1Cl)c1ccc2c(c1)CCCC2. The second-order valence-electron chi connectivity index (χ2n) is 8.54. The van der Waals surface area contributed by atoms with Crippen LogP contribution in [0.25, 0.3) is 0 Å². The van der Waals surface area contributed by atoms with Crippen molar-refractivity contribution in [2.24, 2.45) is 0 Å². The molecule has 0 saturated carbocycles. The minimum atomic E-state index is -3.63. The summed E-state index contributed by atoms with van der Waals surface area (Å²) in [4.78, 5) is 13.1. The number of rotatable bonds is 5. The average molecular weight is 461 g/mol. The molecule has 166 valence electrons. The molecule has 0 spiro atoms. The van der Waals surface area contributed by atoms with Crippen molar-refractivity contribution in [2.45, 2.75) is 62.8 Å². The summed E-state index contributed by atoms with van der Waals surface area (Å²) in [6, 6.07) is 10.6. The lowest BCUT2D eigenvalue weighted by molar-refractivity contribution is 0.0940. The molecule has 2 aromatic rings. The van der Waals surface area contributed by atoms with E-state index in [0.717, 1.165) is 37.7 Å². The Kier molecular flexibility index (Phi) is 6.70. The van der Waals surface area contributed by atoms with E-state index in [2.05, 4.69) is 23.5 Å². The van der Waals surface area contributed by atoms with Crippen LogP contribution in [0.1, 0.15) is 72.1 Å². The van der Waals surface area contributed by atoms with Gasteiger partial charge in [0.05, 0.1) is 21.5 Å². The van der Waals surface area contributed by atoms with Gasteiger partial charge in [0.25, 0.3) is 5.91 Å². The molecule has 1 atom stereocenters. The van der Waals surface area contributed by atoms with Crippen LogP contribution in [0.5, 0.6) is 0 Å². The zero-order valence-electron chi connectivity index (χ0n) is 17.9. The molecule has 31 heavy (non-hydrogen) atoms. The van der Waals surface area contributed by atoms with Gasteiger partial charge in [-0.2, -0.15) is 4.31 Å². The van der Waals surface area contributed by atoms with Crippen LogP contribution in [-0.2, 0) is 22.9 Å². The van der Waals surface area contributed by atoms with E-state index in [1.54, 1.807) is 0 Å². The van der Waals surface area contributed by atoms with Gasteiger partial charge in [0.15, 0.2) is 0 Å². The van der Waals surface area contributed by atoms with E-state index < -0.39 is 10.0 Å². The van der Waals surface area contributed by atoms with E-state index in [0.29, 0.717) is 13.1 Å². The maximum absolute atomic E-state index is 13.0. The highest BCUT2D eigenvalue weighted by molar-refractivity contribution is 7.89. The van der Waals surface area contributed by atoms with Crippen LogP contribution >= 0.6 is 11.6 Å². The van der Waals surface area contributed by atoms with Crippen molar-refractivity contribution in [2.75, 3.05) is 13.1 Å². The summed E-state index contributed by atoms with van der Waals surface area (Å²) in [5.74, 6) is -0.370. The summed E-state index contributed by atoms with van der Waals surface area (Å²) in [5, 5.41) is 3.23. The largest absolute Gasteiger partial charge is 0.345 e. The molecule has 0 bridgehead atoms. The molecule has 1 amide bonds. The van der Waals surface area contributed by atoms with E-state index in [-0.39, 0.29) is 27.4 Å². The Labute approximate surface area is 189 Å². The zero-order chi connectivity index (χ0) is 22.0. The summed E-state index contributed by atoms with van der Waals surface area (Å²) in [6.45, 7) is 2.97. The van der Waals surface area contributed by atoms with E-state index in [1.807, 2.05) is 6.92 Å². The molecule has 1 aliphatic carbocycles. The quantitative estimate of drug-likeness (QED) is 0.691. The molecule has 1 saturated heterocycles. The van der Waals surface area contributed by atoms with Crippen LogP contribution in [0, 0.1) is 0 Å². The normalized spacial score (nSPS) is 18.3. The lowest BCUT2D eigenvalue weighted by Gasteiger charge is -2.26. The third-order valence-corrected chi connectivity index (χ3v) is 8.58. The number of halogens is 1. The van der Waals surface area contributed by atoms with Crippen LogP contribution in [0.3, 0.4) is 0 Å². The van der Waals surface area contributed by atoms with E-state index in [9.17, 15) is 13.2 Å². The number of piperidine rings is 1. The van der Waals surface area contributed by atoms with Gasteiger partial charge in [-0.05, 0) is 80.3 Å². The van der Waals surface area contributed by atoms with E-state index in [4.69, 9.17) is 11.6 Å². The van der Waals surface area contributed by atoms with Crippen molar-refractivity contribution >= 4 is 27.5 Å². The number of nitrogens with zero attached hydrogens (tertiary/aromatic N) is 1. The Hall–Kier alpha value is -1.89. The predicted molar refractivity (Wildman–Crippen MR) is 123 cm³/mol. The molecule has 1 fully saturated rings. The number of nitrogens with one attached hydrogen (secondary N) is 1. The van der Waals surface area contributed by atoms with Gasteiger partial charge in [0, 0.05) is 13.1 Å². The van der Waals surface area contributed by atoms with Crippen molar-refractivity contribution in [3.05, 3.63) is 63.7 Å². The summed E-state index contributed by atoms with van der Waals surface area (Å²) < 4.78 is 27.5. The topological polar surface area (TPSA) is 66.5 Å². The molecule has 2 aliphatic rings. The van der Waals surface area contributed by atoms with Crippen LogP contribution in [0.2, 0.25) is 5.02 Å². The van der Waals surface area contributed by atoms with Gasteiger partial charge < -0.3 is 5.32 Å². The highest BCUT2D eigenvalue weighted by atomic mass is 35.5. The number of fused-ring (bicyclic) bond motifs is 1. The monoisotopic (exact) mass is 460 g/mol. The van der Waals surface area contributed by atoms with Gasteiger partial charge in [-0.25, -0.2) is 8.42 Å². The average Bonchev–Trinajstić information content (AvgIpc) is 2.79. The second kappa shape index (κ2) is 9.31. The number of sulfonamides is 1. The Morgan fingerprint density at radius 3 is 2.42 bits per heavy atom. The molecule has 5 nitrogen and oxygen atoms in total. The first-order chi connectivity index (χ1) is 14.9. The molecule has 1 N–H and O–H groups in total. The summed E-state index contributed by atoms with van der Waals surface area (Å²) in [7, 11) is -3.63. The number of hydrogen-bond donors (Lipinski definition) is 1. The molecule has 1 unspecified atom stereocenters. The smallest absolute Gasteiger partial charge is 0.253 e. The van der Waals surface area contributed by atoms with E-state index >= 15 is 0 Å². The first-order valence-electron chi connectivity index (χ1n) is 11.1. The molecular weight excluding hydrogens is 432 g/mol. The van der Waals surface area contributed by atoms with E-state index in [1.165, 1.54) is 46.5 Å². The molecule has 2 aromatic carbocycles. The minimum absolute atomic E-state index is 0.116. The van der Waals surface area contributed by atoms with Crippen molar-refractivity contribution in [3.63, 3.8) is 0 Å². The van der Waals surface area contributed by atoms with Crippen molar-refractivity contribution < 1.29 is 13.2 Å². The fourth-order valence-corrected chi connectivity index (χ4v) is 6.22. The zero-order valence-corrected chi connectivity index (χ0v) is 19.4. The van der Waals surface area contributed by atoms with Crippen LogP contribution in [0.4, 0.5) is 0 Å². The molecule has 4 rings (SSSR count). The Morgan fingerprint density at radius 2 is 1.68 bits per heavy atom. The van der Waals surface area contributed by atoms with Gasteiger partial charge in [0.1, 0.15) is 0 Å².